The topological polar surface area (TPSA) is 110 Å². The number of hydrogen-bond donors (Lipinski definition) is 2. The van der Waals surface area contributed by atoms with Crippen LogP contribution in [0.5, 0.6) is 0 Å². The van der Waals surface area contributed by atoms with Crippen LogP contribution >= 0.6 is 0 Å². The second-order valence-electron chi connectivity index (χ2n) is 5.41. The first-order valence-electron chi connectivity index (χ1n) is 6.71. The zero-order valence-corrected chi connectivity index (χ0v) is 12.5. The van der Waals surface area contributed by atoms with E-state index in [2.05, 4.69) is 4.72 Å². The number of nitrogens with zero attached hydrogens (tertiary/aromatic N) is 1. The highest BCUT2D eigenvalue weighted by Crippen LogP contribution is 2.30. The third kappa shape index (κ3) is 3.39. The van der Waals surface area contributed by atoms with Crippen molar-refractivity contribution in [3.05, 3.63) is 33.9 Å². The van der Waals surface area contributed by atoms with Crippen molar-refractivity contribution in [3.63, 3.8) is 0 Å². The number of hydrogen-bond acceptors (Lipinski definition) is 5. The van der Waals surface area contributed by atoms with Gasteiger partial charge < -0.3 is 5.11 Å². The molecule has 1 saturated carbocycles. The first-order valence-corrected chi connectivity index (χ1v) is 8.20. The number of nitro groups is 1. The van der Waals surface area contributed by atoms with E-state index in [0.717, 1.165) is 12.8 Å². The summed E-state index contributed by atoms with van der Waals surface area (Å²) >= 11 is 0. The molecule has 0 unspecified atom stereocenters. The molecule has 0 radical (unpaired) electrons. The highest BCUT2D eigenvalue weighted by Gasteiger charge is 2.33. The summed E-state index contributed by atoms with van der Waals surface area (Å²) in [5.74, 6) is 0. The molecule has 8 heteroatoms. The molecule has 0 amide bonds. The van der Waals surface area contributed by atoms with Crippen molar-refractivity contribution < 1.29 is 18.4 Å². The minimum absolute atomic E-state index is 0.0720. The molecular weight excluding hydrogens is 296 g/mol. The number of rotatable bonds is 5. The smallest absolute Gasteiger partial charge is 0.273 e. The highest BCUT2D eigenvalue weighted by molar-refractivity contribution is 7.89. The van der Waals surface area contributed by atoms with Crippen molar-refractivity contribution in [2.24, 2.45) is 0 Å². The van der Waals surface area contributed by atoms with E-state index in [1.54, 1.807) is 0 Å². The van der Waals surface area contributed by atoms with Crippen LogP contribution in [-0.4, -0.2) is 30.6 Å². The minimum atomic E-state index is -3.89. The molecule has 116 valence electrons. The number of nitro benzene ring substituents is 1. The first kappa shape index (κ1) is 15.9. The zero-order valence-electron chi connectivity index (χ0n) is 11.7. The Labute approximate surface area is 123 Å². The average molecular weight is 314 g/mol. The van der Waals surface area contributed by atoms with Crippen molar-refractivity contribution in [2.45, 2.75) is 43.1 Å². The molecule has 0 saturated heterocycles. The van der Waals surface area contributed by atoms with Gasteiger partial charge in [-0.1, -0.05) is 18.9 Å². The zero-order chi connectivity index (χ0) is 15.7. The van der Waals surface area contributed by atoms with Gasteiger partial charge in [0.05, 0.1) is 15.4 Å². The predicted octanol–water partition coefficient (Wildman–Crippen LogP) is 1.49. The van der Waals surface area contributed by atoms with Crippen LogP contribution < -0.4 is 4.72 Å². The fourth-order valence-corrected chi connectivity index (χ4v) is 3.99. The van der Waals surface area contributed by atoms with Gasteiger partial charge in [0, 0.05) is 18.2 Å². The molecule has 0 aliphatic heterocycles. The minimum Gasteiger partial charge on any atom is -0.389 e. The third-order valence-corrected chi connectivity index (χ3v) is 5.41. The third-order valence-electron chi connectivity index (χ3n) is 3.87. The Morgan fingerprint density at radius 2 is 2.00 bits per heavy atom. The van der Waals surface area contributed by atoms with Crippen molar-refractivity contribution in [1.82, 2.24) is 4.72 Å². The fourth-order valence-electron chi connectivity index (χ4n) is 2.61. The summed E-state index contributed by atoms with van der Waals surface area (Å²) in [6, 6.07) is 3.92. The Kier molecular flexibility index (Phi) is 4.31. The van der Waals surface area contributed by atoms with E-state index >= 15 is 0 Å². The van der Waals surface area contributed by atoms with Gasteiger partial charge in [0.2, 0.25) is 10.0 Å². The number of aliphatic hydroxyl groups is 1. The molecule has 2 rings (SSSR count). The predicted molar refractivity (Wildman–Crippen MR) is 76.4 cm³/mol. The molecule has 21 heavy (non-hydrogen) atoms. The van der Waals surface area contributed by atoms with Crippen LogP contribution in [0.3, 0.4) is 0 Å². The molecule has 1 aliphatic carbocycles. The molecule has 1 fully saturated rings. The van der Waals surface area contributed by atoms with E-state index in [1.165, 1.54) is 25.1 Å². The lowest BCUT2D eigenvalue weighted by Gasteiger charge is -2.22. The van der Waals surface area contributed by atoms with Crippen molar-refractivity contribution in [1.29, 1.82) is 0 Å². The maximum Gasteiger partial charge on any atom is 0.273 e. The molecule has 7 nitrogen and oxygen atoms in total. The maximum absolute atomic E-state index is 12.3. The van der Waals surface area contributed by atoms with Crippen LogP contribution in [0.15, 0.2) is 23.1 Å². The SMILES string of the molecule is Cc1c([N+](=O)[O-])cccc1S(=O)(=O)NCC1(O)CCCC1. The summed E-state index contributed by atoms with van der Waals surface area (Å²) in [6.45, 7) is 1.33. The highest BCUT2D eigenvalue weighted by atomic mass is 32.2. The standard InChI is InChI=1S/C13H18N2O5S/c1-10-11(15(17)18)5-4-6-12(10)21(19,20)14-9-13(16)7-2-3-8-13/h4-6,14,16H,2-3,7-9H2,1H3. The van der Waals surface area contributed by atoms with Gasteiger partial charge in [-0.15, -0.1) is 0 Å². The van der Waals surface area contributed by atoms with E-state index in [-0.39, 0.29) is 22.7 Å². The summed E-state index contributed by atoms with van der Waals surface area (Å²) in [4.78, 5) is 10.1. The van der Waals surface area contributed by atoms with Crippen LogP contribution in [0.2, 0.25) is 0 Å². The van der Waals surface area contributed by atoms with Gasteiger partial charge in [0.25, 0.3) is 5.69 Å². The lowest BCUT2D eigenvalue weighted by Crippen LogP contribution is -2.40. The van der Waals surface area contributed by atoms with Gasteiger partial charge in [-0.25, -0.2) is 13.1 Å². The summed E-state index contributed by atoms with van der Waals surface area (Å²) in [6.07, 6.45) is 2.86. The molecule has 1 aromatic carbocycles. The Balaban J connectivity index is 2.24. The number of sulfonamides is 1. The van der Waals surface area contributed by atoms with E-state index in [1.807, 2.05) is 0 Å². The molecule has 0 heterocycles. The van der Waals surface area contributed by atoms with Crippen LogP contribution in [0.4, 0.5) is 5.69 Å². The van der Waals surface area contributed by atoms with Crippen LogP contribution in [0.25, 0.3) is 0 Å². The Morgan fingerprint density at radius 3 is 2.57 bits per heavy atom. The maximum atomic E-state index is 12.3. The van der Waals surface area contributed by atoms with Crippen molar-refractivity contribution in [3.8, 4) is 0 Å². The largest absolute Gasteiger partial charge is 0.389 e. The molecule has 0 atom stereocenters. The van der Waals surface area contributed by atoms with Crippen molar-refractivity contribution in [2.75, 3.05) is 6.54 Å². The van der Waals surface area contributed by atoms with Crippen LogP contribution in [-0.2, 0) is 10.0 Å². The Bertz CT molecular complexity index is 651. The van der Waals surface area contributed by atoms with E-state index in [9.17, 15) is 23.6 Å². The average Bonchev–Trinajstić information content (AvgIpc) is 2.84. The van der Waals surface area contributed by atoms with Gasteiger partial charge in [-0.3, -0.25) is 10.1 Å². The first-order chi connectivity index (χ1) is 9.75. The molecule has 0 spiro atoms. The summed E-state index contributed by atoms with van der Waals surface area (Å²) in [5, 5.41) is 21.0. The summed E-state index contributed by atoms with van der Waals surface area (Å²) < 4.78 is 26.9. The monoisotopic (exact) mass is 314 g/mol. The van der Waals surface area contributed by atoms with Gasteiger partial charge in [-0.05, 0) is 25.8 Å². The van der Waals surface area contributed by atoms with Gasteiger partial charge in [0.15, 0.2) is 0 Å². The Hall–Kier alpha value is -1.51. The van der Waals surface area contributed by atoms with Gasteiger partial charge >= 0.3 is 0 Å². The number of nitrogens with one attached hydrogen (secondary N) is 1. The lowest BCUT2D eigenvalue weighted by molar-refractivity contribution is -0.385. The van der Waals surface area contributed by atoms with E-state index < -0.39 is 20.5 Å². The summed E-state index contributed by atoms with van der Waals surface area (Å²) in [5.41, 5.74) is -1.16. The number of benzene rings is 1. The Morgan fingerprint density at radius 1 is 1.38 bits per heavy atom. The van der Waals surface area contributed by atoms with Gasteiger partial charge in [-0.2, -0.15) is 0 Å². The molecule has 0 aromatic heterocycles. The van der Waals surface area contributed by atoms with E-state index in [0.29, 0.717) is 12.8 Å². The molecule has 1 aromatic rings. The summed E-state index contributed by atoms with van der Waals surface area (Å²) in [7, 11) is -3.89. The second kappa shape index (κ2) is 5.70. The normalized spacial score (nSPS) is 17.8. The van der Waals surface area contributed by atoms with Gasteiger partial charge in [0.1, 0.15) is 0 Å². The molecular formula is C13H18N2O5S. The molecule has 0 bridgehead atoms. The van der Waals surface area contributed by atoms with Crippen LogP contribution in [0, 0.1) is 17.0 Å². The van der Waals surface area contributed by atoms with Crippen molar-refractivity contribution >= 4 is 15.7 Å². The van der Waals surface area contributed by atoms with E-state index in [4.69, 9.17) is 0 Å². The van der Waals surface area contributed by atoms with Crippen LogP contribution in [0.1, 0.15) is 31.2 Å². The molecule has 2 N–H and O–H groups in total. The lowest BCUT2D eigenvalue weighted by atomic mass is 10.0. The second-order valence-corrected chi connectivity index (χ2v) is 7.15. The fraction of sp³-hybridized carbons (Fsp3) is 0.538. The quantitative estimate of drug-likeness (QED) is 0.632. The molecule has 1 aliphatic rings.